The Bertz CT molecular complexity index is 491. The molecule has 182 valence electrons. The summed E-state index contributed by atoms with van der Waals surface area (Å²) >= 11 is 0. The second-order valence-corrected chi connectivity index (χ2v) is 9.86. The molecule has 0 aliphatic heterocycles. The molecule has 1 aromatic rings. The highest BCUT2D eigenvalue weighted by Gasteiger charge is 2.16. The first-order valence-corrected chi connectivity index (χ1v) is 14.4. The fraction of sp³-hybridized carbons (Fsp3) is 0.897. The van der Waals surface area contributed by atoms with E-state index in [2.05, 4.69) is 42.3 Å². The van der Waals surface area contributed by atoms with E-state index in [-0.39, 0.29) is 0 Å². The van der Waals surface area contributed by atoms with E-state index in [1.165, 1.54) is 148 Å². The Kier molecular flexibility index (Phi) is 19.2. The third kappa shape index (κ3) is 14.8. The summed E-state index contributed by atoms with van der Waals surface area (Å²) in [5, 5.41) is 0. The second-order valence-electron chi connectivity index (χ2n) is 9.86. The maximum Gasteiger partial charge on any atom is 0.256 e. The molecule has 2 heteroatoms. The van der Waals surface area contributed by atoms with Crippen molar-refractivity contribution in [3.63, 3.8) is 0 Å². The third-order valence-corrected chi connectivity index (χ3v) is 6.85. The number of imidazole rings is 1. The fourth-order valence-electron chi connectivity index (χ4n) is 4.73. The average molecular weight is 434 g/mol. The van der Waals surface area contributed by atoms with Crippen molar-refractivity contribution < 1.29 is 4.57 Å². The fourth-order valence-corrected chi connectivity index (χ4v) is 4.73. The van der Waals surface area contributed by atoms with E-state index in [1.54, 1.807) is 5.82 Å². The number of hydrogen-bond donors (Lipinski definition) is 0. The Morgan fingerprint density at radius 1 is 0.548 bits per heavy atom. The van der Waals surface area contributed by atoms with Crippen LogP contribution in [0, 0.1) is 0 Å². The van der Waals surface area contributed by atoms with Gasteiger partial charge in [-0.15, -0.1) is 0 Å². The lowest BCUT2D eigenvalue weighted by Gasteiger charge is -2.06. The first-order valence-electron chi connectivity index (χ1n) is 14.4. The van der Waals surface area contributed by atoms with E-state index in [0.29, 0.717) is 0 Å². The van der Waals surface area contributed by atoms with Gasteiger partial charge < -0.3 is 0 Å². The number of hydrogen-bond acceptors (Lipinski definition) is 0. The SMILES string of the molecule is CCCCCCCCCCCCCn1cc[n+](CCCCCCCC)c1CCCCC. The maximum atomic E-state index is 2.58. The Hall–Kier alpha value is -0.790. The number of unbranched alkanes of at least 4 members (excludes halogenated alkanes) is 17. The molecule has 1 rings (SSSR count). The van der Waals surface area contributed by atoms with E-state index < -0.39 is 0 Å². The number of nitrogens with zero attached hydrogens (tertiary/aromatic N) is 2. The molecule has 0 saturated carbocycles. The van der Waals surface area contributed by atoms with Crippen LogP contribution >= 0.6 is 0 Å². The zero-order valence-electron chi connectivity index (χ0n) is 21.8. The minimum Gasteiger partial charge on any atom is -0.234 e. The second kappa shape index (κ2) is 21.1. The zero-order valence-corrected chi connectivity index (χ0v) is 21.8. The number of rotatable bonds is 23. The Morgan fingerprint density at radius 2 is 1.00 bits per heavy atom. The molecule has 0 fully saturated rings. The van der Waals surface area contributed by atoms with Crippen LogP contribution in [0.15, 0.2) is 12.4 Å². The van der Waals surface area contributed by atoms with Gasteiger partial charge in [0.15, 0.2) is 0 Å². The van der Waals surface area contributed by atoms with Crippen LogP contribution in [0.1, 0.15) is 155 Å². The van der Waals surface area contributed by atoms with Crippen LogP contribution < -0.4 is 4.57 Å². The van der Waals surface area contributed by atoms with Crippen molar-refractivity contribution in [3.05, 3.63) is 18.2 Å². The van der Waals surface area contributed by atoms with Gasteiger partial charge in [-0.05, 0) is 32.1 Å². The summed E-state index contributed by atoms with van der Waals surface area (Å²) in [6.45, 7) is 9.36. The van der Waals surface area contributed by atoms with Crippen molar-refractivity contribution in [2.24, 2.45) is 0 Å². The van der Waals surface area contributed by atoms with Crippen molar-refractivity contribution in [1.29, 1.82) is 0 Å². The zero-order chi connectivity index (χ0) is 22.4. The maximum absolute atomic E-state index is 2.58. The Morgan fingerprint density at radius 3 is 1.55 bits per heavy atom. The molecule has 0 saturated heterocycles. The van der Waals surface area contributed by atoms with Gasteiger partial charge in [0.25, 0.3) is 5.82 Å². The molecule has 2 nitrogen and oxygen atoms in total. The summed E-state index contributed by atoms with van der Waals surface area (Å²) < 4.78 is 5.16. The smallest absolute Gasteiger partial charge is 0.234 e. The van der Waals surface area contributed by atoms with E-state index in [1.807, 2.05) is 0 Å². The molecule has 0 N–H and O–H groups in total. The average Bonchev–Trinajstić information content (AvgIpc) is 3.16. The third-order valence-electron chi connectivity index (χ3n) is 6.85. The molecule has 0 aromatic carbocycles. The standard InChI is InChI=1S/C29H57N2/c1-4-7-10-12-14-15-16-17-18-20-23-26-31-28-27-30(29(31)24-21-9-6-3)25-22-19-13-11-8-5-2/h27-28H,4-26H2,1-3H3/q+1. The van der Waals surface area contributed by atoms with Crippen molar-refractivity contribution in [1.82, 2.24) is 4.57 Å². The molecule has 0 aliphatic carbocycles. The lowest BCUT2D eigenvalue weighted by Crippen LogP contribution is -2.37. The Labute approximate surface area is 196 Å². The molecule has 0 atom stereocenters. The first-order chi connectivity index (χ1) is 15.3. The summed E-state index contributed by atoms with van der Waals surface area (Å²) in [5.74, 6) is 1.59. The molecular weight excluding hydrogens is 376 g/mol. The highest BCUT2D eigenvalue weighted by Crippen LogP contribution is 2.13. The summed E-state index contributed by atoms with van der Waals surface area (Å²) in [6, 6.07) is 0. The quantitative estimate of drug-likeness (QED) is 0.120. The van der Waals surface area contributed by atoms with E-state index >= 15 is 0 Å². The van der Waals surface area contributed by atoms with Gasteiger partial charge in [0.2, 0.25) is 0 Å². The summed E-state index contributed by atoms with van der Waals surface area (Å²) in [7, 11) is 0. The van der Waals surface area contributed by atoms with Crippen LogP contribution in [-0.4, -0.2) is 4.57 Å². The molecule has 0 aliphatic rings. The molecule has 0 radical (unpaired) electrons. The molecule has 0 unspecified atom stereocenters. The molecule has 1 aromatic heterocycles. The van der Waals surface area contributed by atoms with E-state index in [4.69, 9.17) is 0 Å². The summed E-state index contributed by atoms with van der Waals surface area (Å²) in [4.78, 5) is 0. The Balaban J connectivity index is 2.25. The topological polar surface area (TPSA) is 8.81 Å². The molecule has 1 heterocycles. The van der Waals surface area contributed by atoms with Gasteiger partial charge in [-0.2, -0.15) is 0 Å². The van der Waals surface area contributed by atoms with Gasteiger partial charge in [0, 0.05) is 6.42 Å². The van der Waals surface area contributed by atoms with Crippen molar-refractivity contribution in [2.75, 3.05) is 0 Å². The monoisotopic (exact) mass is 433 g/mol. The van der Waals surface area contributed by atoms with Crippen LogP contribution in [0.4, 0.5) is 0 Å². The molecule has 0 amide bonds. The van der Waals surface area contributed by atoms with Gasteiger partial charge in [-0.25, -0.2) is 9.13 Å². The van der Waals surface area contributed by atoms with Gasteiger partial charge in [0.05, 0.1) is 13.1 Å². The first kappa shape index (κ1) is 28.2. The normalized spacial score (nSPS) is 11.5. The van der Waals surface area contributed by atoms with Gasteiger partial charge in [-0.1, -0.05) is 117 Å². The lowest BCUT2D eigenvalue weighted by atomic mass is 10.1. The van der Waals surface area contributed by atoms with Crippen LogP contribution in [0.2, 0.25) is 0 Å². The van der Waals surface area contributed by atoms with Crippen LogP contribution in [-0.2, 0) is 19.5 Å². The molecule has 0 spiro atoms. The lowest BCUT2D eigenvalue weighted by molar-refractivity contribution is -0.704. The molecule has 0 bridgehead atoms. The van der Waals surface area contributed by atoms with Crippen molar-refractivity contribution in [3.8, 4) is 0 Å². The van der Waals surface area contributed by atoms with Crippen LogP contribution in [0.3, 0.4) is 0 Å². The summed E-state index contributed by atoms with van der Waals surface area (Å²) in [6.07, 6.45) is 34.0. The molecule has 31 heavy (non-hydrogen) atoms. The van der Waals surface area contributed by atoms with E-state index in [0.717, 1.165) is 0 Å². The minimum atomic E-state index is 1.22. The largest absolute Gasteiger partial charge is 0.256 e. The van der Waals surface area contributed by atoms with Crippen LogP contribution in [0.5, 0.6) is 0 Å². The predicted octanol–water partition coefficient (Wildman–Crippen LogP) is 9.18. The van der Waals surface area contributed by atoms with Crippen LogP contribution in [0.25, 0.3) is 0 Å². The van der Waals surface area contributed by atoms with Crippen molar-refractivity contribution in [2.45, 2.75) is 169 Å². The van der Waals surface area contributed by atoms with Gasteiger partial charge >= 0.3 is 0 Å². The van der Waals surface area contributed by atoms with E-state index in [9.17, 15) is 0 Å². The number of aryl methyl sites for hydroxylation is 2. The highest BCUT2D eigenvalue weighted by molar-refractivity contribution is 4.84. The minimum absolute atomic E-state index is 1.22. The van der Waals surface area contributed by atoms with Gasteiger partial charge in [0.1, 0.15) is 12.4 Å². The number of aromatic nitrogens is 2. The predicted molar refractivity (Wildman–Crippen MR) is 138 cm³/mol. The molecular formula is C29H57N2+. The van der Waals surface area contributed by atoms with Gasteiger partial charge in [-0.3, -0.25) is 0 Å². The highest BCUT2D eigenvalue weighted by atomic mass is 15.1. The summed E-state index contributed by atoms with van der Waals surface area (Å²) in [5.41, 5.74) is 0. The van der Waals surface area contributed by atoms with Crippen molar-refractivity contribution >= 4 is 0 Å².